The summed E-state index contributed by atoms with van der Waals surface area (Å²) in [6.45, 7) is 4.12. The highest BCUT2D eigenvalue weighted by atomic mass is 35.5. The summed E-state index contributed by atoms with van der Waals surface area (Å²) < 4.78 is 5.13. The maximum atomic E-state index is 5.56. The van der Waals surface area contributed by atoms with E-state index in [1.807, 2.05) is 0 Å². The minimum atomic E-state index is 0.0929. The summed E-state index contributed by atoms with van der Waals surface area (Å²) in [5, 5.41) is 7.54. The minimum absolute atomic E-state index is 0.0929. The Morgan fingerprint density at radius 3 is 2.73 bits per heavy atom. The van der Waals surface area contributed by atoms with Crippen molar-refractivity contribution in [2.24, 2.45) is 0 Å². The molecule has 0 spiro atoms. The predicted octanol–water partition coefficient (Wildman–Crippen LogP) is 2.93. The fourth-order valence-corrected chi connectivity index (χ4v) is 1.59. The van der Waals surface area contributed by atoms with Crippen LogP contribution in [0.15, 0.2) is 22.6 Å². The molecule has 2 aromatic rings. The summed E-state index contributed by atoms with van der Waals surface area (Å²) in [7, 11) is 0. The van der Waals surface area contributed by atoms with Crippen LogP contribution in [0, 0.1) is 13.8 Å². The van der Waals surface area contributed by atoms with Crippen LogP contribution in [0.5, 0.6) is 0 Å². The van der Waals surface area contributed by atoms with E-state index >= 15 is 0 Å². The molecule has 0 fully saturated rings. The van der Waals surface area contributed by atoms with Gasteiger partial charge in [0.25, 0.3) is 0 Å². The average Bonchev–Trinajstić information content (AvgIpc) is 2.58. The lowest BCUT2D eigenvalue weighted by molar-refractivity contribution is 0.506. The Morgan fingerprint density at radius 1 is 1.27 bits per heavy atom. The van der Waals surface area contributed by atoms with E-state index < -0.39 is 0 Å². The van der Waals surface area contributed by atoms with Gasteiger partial charge in [-0.3, -0.25) is 0 Å². The minimum Gasteiger partial charge on any atom is -0.412 e. The van der Waals surface area contributed by atoms with E-state index in [9.17, 15) is 0 Å². The highest BCUT2D eigenvalue weighted by Crippen LogP contribution is 2.16. The quantitative estimate of drug-likeness (QED) is 0.784. The molecule has 15 heavy (non-hydrogen) atoms. The second kappa shape index (κ2) is 4.03. The molecule has 0 atom stereocenters. The van der Waals surface area contributed by atoms with Crippen molar-refractivity contribution < 1.29 is 4.42 Å². The lowest BCUT2D eigenvalue weighted by atomic mass is 10.0. The second-order valence-electron chi connectivity index (χ2n) is 3.56. The van der Waals surface area contributed by atoms with E-state index in [1.165, 1.54) is 16.7 Å². The van der Waals surface area contributed by atoms with E-state index in [2.05, 4.69) is 42.2 Å². The van der Waals surface area contributed by atoms with Gasteiger partial charge in [0.15, 0.2) is 0 Å². The normalized spacial score (nSPS) is 10.6. The highest BCUT2D eigenvalue weighted by molar-refractivity contribution is 6.27. The molecule has 78 valence electrons. The Hall–Kier alpha value is -1.35. The predicted molar refractivity (Wildman–Crippen MR) is 58.0 cm³/mol. The van der Waals surface area contributed by atoms with Gasteiger partial charge in [-0.15, -0.1) is 5.10 Å². The Labute approximate surface area is 93.1 Å². The zero-order chi connectivity index (χ0) is 10.8. The van der Waals surface area contributed by atoms with Crippen LogP contribution in [0.1, 0.15) is 22.6 Å². The molecule has 1 aromatic heterocycles. The first kappa shape index (κ1) is 10.2. The first-order valence-electron chi connectivity index (χ1n) is 4.69. The van der Waals surface area contributed by atoms with E-state index in [0.717, 1.165) is 0 Å². The van der Waals surface area contributed by atoms with Crippen molar-refractivity contribution in [3.05, 3.63) is 46.1 Å². The summed E-state index contributed by atoms with van der Waals surface area (Å²) in [5.74, 6) is 0.550. The molecule has 0 saturated carbocycles. The van der Waals surface area contributed by atoms with Crippen molar-refractivity contribution in [1.82, 2.24) is 10.2 Å². The summed E-state index contributed by atoms with van der Waals surface area (Å²) in [6.07, 6.45) is 0.632. The largest absolute Gasteiger partial charge is 0.412 e. The molecule has 0 saturated heterocycles. The van der Waals surface area contributed by atoms with Gasteiger partial charge >= 0.3 is 5.35 Å². The summed E-state index contributed by atoms with van der Waals surface area (Å²) in [4.78, 5) is 0. The van der Waals surface area contributed by atoms with Gasteiger partial charge in [-0.1, -0.05) is 28.9 Å². The van der Waals surface area contributed by atoms with Crippen LogP contribution >= 0.6 is 11.6 Å². The van der Waals surface area contributed by atoms with Crippen LogP contribution in [0.4, 0.5) is 0 Å². The highest BCUT2D eigenvalue weighted by Gasteiger charge is 2.06. The first-order valence-corrected chi connectivity index (χ1v) is 5.07. The number of aryl methyl sites for hydroxylation is 2. The van der Waals surface area contributed by atoms with Crippen molar-refractivity contribution in [2.45, 2.75) is 20.3 Å². The molecule has 0 N–H and O–H groups in total. The maximum absolute atomic E-state index is 5.56. The lowest BCUT2D eigenvalue weighted by Gasteiger charge is -2.03. The fraction of sp³-hybridized carbons (Fsp3) is 0.273. The Balaban J connectivity index is 2.27. The molecule has 0 bridgehead atoms. The van der Waals surface area contributed by atoms with Gasteiger partial charge < -0.3 is 4.42 Å². The second-order valence-corrected chi connectivity index (χ2v) is 3.88. The molecular weight excluding hydrogens is 212 g/mol. The molecule has 0 aliphatic carbocycles. The van der Waals surface area contributed by atoms with Gasteiger partial charge in [-0.05, 0) is 36.6 Å². The maximum Gasteiger partial charge on any atom is 0.312 e. The number of halogens is 1. The molecule has 1 aromatic carbocycles. The van der Waals surface area contributed by atoms with Gasteiger partial charge in [0.05, 0.1) is 6.42 Å². The van der Waals surface area contributed by atoms with Gasteiger partial charge in [0.1, 0.15) is 0 Å². The molecule has 0 amide bonds. The summed E-state index contributed by atoms with van der Waals surface area (Å²) >= 11 is 5.56. The van der Waals surface area contributed by atoms with Crippen molar-refractivity contribution in [2.75, 3.05) is 0 Å². The average molecular weight is 223 g/mol. The van der Waals surface area contributed by atoms with Crippen molar-refractivity contribution in [1.29, 1.82) is 0 Å². The number of hydrogen-bond donors (Lipinski definition) is 0. The molecular formula is C11H11ClN2O. The molecule has 3 nitrogen and oxygen atoms in total. The lowest BCUT2D eigenvalue weighted by Crippen LogP contribution is -1.93. The van der Waals surface area contributed by atoms with Crippen molar-refractivity contribution in [3.63, 3.8) is 0 Å². The van der Waals surface area contributed by atoms with Gasteiger partial charge in [-0.2, -0.15) is 0 Å². The molecule has 1 heterocycles. The van der Waals surface area contributed by atoms with Crippen LogP contribution < -0.4 is 0 Å². The standard InChI is InChI=1S/C11H11ClN2O/c1-7-3-4-8(2)9(5-7)6-10-13-14-11(12)15-10/h3-5H,6H2,1-2H3. The number of benzene rings is 1. The smallest absolute Gasteiger partial charge is 0.312 e. The third-order valence-electron chi connectivity index (χ3n) is 2.29. The van der Waals surface area contributed by atoms with E-state index in [0.29, 0.717) is 12.3 Å². The monoisotopic (exact) mass is 222 g/mol. The molecule has 0 radical (unpaired) electrons. The van der Waals surface area contributed by atoms with Gasteiger partial charge in [0.2, 0.25) is 5.89 Å². The van der Waals surface area contributed by atoms with E-state index in [-0.39, 0.29) is 5.35 Å². The number of nitrogens with zero attached hydrogens (tertiary/aromatic N) is 2. The molecule has 2 rings (SSSR count). The Morgan fingerprint density at radius 2 is 2.07 bits per heavy atom. The van der Waals surface area contributed by atoms with Crippen molar-refractivity contribution >= 4 is 11.6 Å². The fourth-order valence-electron chi connectivity index (χ4n) is 1.46. The Bertz CT molecular complexity index is 479. The van der Waals surface area contributed by atoms with Gasteiger partial charge in [-0.25, -0.2) is 0 Å². The Kier molecular flexibility index (Phi) is 2.73. The molecule has 0 unspecified atom stereocenters. The van der Waals surface area contributed by atoms with Crippen LogP contribution in [-0.2, 0) is 6.42 Å². The van der Waals surface area contributed by atoms with E-state index in [4.69, 9.17) is 16.0 Å². The molecule has 0 aliphatic heterocycles. The zero-order valence-electron chi connectivity index (χ0n) is 8.62. The van der Waals surface area contributed by atoms with E-state index in [1.54, 1.807) is 0 Å². The molecule has 4 heteroatoms. The number of aromatic nitrogens is 2. The first-order chi connectivity index (χ1) is 7.15. The summed E-state index contributed by atoms with van der Waals surface area (Å²) in [5.41, 5.74) is 3.63. The van der Waals surface area contributed by atoms with Crippen LogP contribution in [0.2, 0.25) is 5.35 Å². The zero-order valence-corrected chi connectivity index (χ0v) is 9.38. The van der Waals surface area contributed by atoms with Crippen LogP contribution in [0.3, 0.4) is 0 Å². The SMILES string of the molecule is Cc1ccc(C)c(Cc2nnc(Cl)o2)c1. The number of rotatable bonds is 2. The topological polar surface area (TPSA) is 38.9 Å². The van der Waals surface area contributed by atoms with Crippen LogP contribution in [0.25, 0.3) is 0 Å². The van der Waals surface area contributed by atoms with Crippen molar-refractivity contribution in [3.8, 4) is 0 Å². The third-order valence-corrected chi connectivity index (χ3v) is 2.44. The summed E-state index contributed by atoms with van der Waals surface area (Å²) in [6, 6.07) is 6.29. The molecule has 0 aliphatic rings. The van der Waals surface area contributed by atoms with Crippen LogP contribution in [-0.4, -0.2) is 10.2 Å². The van der Waals surface area contributed by atoms with Gasteiger partial charge in [0, 0.05) is 0 Å². The number of hydrogen-bond acceptors (Lipinski definition) is 3. The third kappa shape index (κ3) is 2.36.